The molecule has 1 N–H and O–H groups in total. The monoisotopic (exact) mass is 297 g/mol. The van der Waals surface area contributed by atoms with Gasteiger partial charge in [-0.1, -0.05) is 0 Å². The fraction of sp³-hybridized carbons (Fsp3) is 0.938. The van der Waals surface area contributed by atoms with Crippen LogP contribution in [-0.4, -0.2) is 67.8 Å². The molecule has 0 aromatic heterocycles. The van der Waals surface area contributed by atoms with Crippen molar-refractivity contribution >= 4 is 6.09 Å². The van der Waals surface area contributed by atoms with Crippen molar-refractivity contribution in [3.63, 3.8) is 0 Å². The standard InChI is InChI=1S/C16H31N3O2/c1-4-21-16(20)19-11-7-15(8-12-19)17-13(2)14-5-9-18(3)10-6-14/h13-15,17H,4-12H2,1-3H3. The highest BCUT2D eigenvalue weighted by atomic mass is 16.6. The zero-order chi connectivity index (χ0) is 15.2. The van der Waals surface area contributed by atoms with Gasteiger partial charge in [-0.2, -0.15) is 0 Å². The largest absolute Gasteiger partial charge is 0.450 e. The molecule has 0 radical (unpaired) electrons. The summed E-state index contributed by atoms with van der Waals surface area (Å²) in [6.07, 6.45) is 4.52. The predicted octanol–water partition coefficient (Wildman–Crippen LogP) is 1.93. The predicted molar refractivity (Wildman–Crippen MR) is 84.4 cm³/mol. The molecule has 21 heavy (non-hydrogen) atoms. The van der Waals surface area contributed by atoms with Crippen LogP contribution in [0.25, 0.3) is 0 Å². The van der Waals surface area contributed by atoms with Crippen LogP contribution in [0.3, 0.4) is 0 Å². The first-order valence-electron chi connectivity index (χ1n) is 8.46. The average molecular weight is 297 g/mol. The lowest BCUT2D eigenvalue weighted by molar-refractivity contribution is 0.0924. The van der Waals surface area contributed by atoms with Crippen LogP contribution >= 0.6 is 0 Å². The molecule has 1 atom stereocenters. The summed E-state index contributed by atoms with van der Waals surface area (Å²) in [6.45, 7) is 8.72. The molecule has 2 fully saturated rings. The SMILES string of the molecule is CCOC(=O)N1CCC(NC(C)C2CCN(C)CC2)CC1. The first kappa shape index (κ1) is 16.6. The summed E-state index contributed by atoms with van der Waals surface area (Å²) in [5, 5.41) is 3.80. The van der Waals surface area contributed by atoms with Gasteiger partial charge in [-0.25, -0.2) is 4.79 Å². The number of ether oxygens (including phenoxy) is 1. The van der Waals surface area contributed by atoms with E-state index >= 15 is 0 Å². The Kier molecular flexibility index (Phi) is 6.30. The summed E-state index contributed by atoms with van der Waals surface area (Å²) in [7, 11) is 2.21. The lowest BCUT2D eigenvalue weighted by atomic mass is 9.89. The first-order valence-corrected chi connectivity index (χ1v) is 8.46. The third-order valence-electron chi connectivity index (χ3n) is 4.99. The zero-order valence-electron chi connectivity index (χ0n) is 13.8. The minimum absolute atomic E-state index is 0.153. The van der Waals surface area contributed by atoms with Gasteiger partial charge in [0.2, 0.25) is 0 Å². The number of nitrogens with zero attached hydrogens (tertiary/aromatic N) is 2. The third kappa shape index (κ3) is 4.85. The Morgan fingerprint density at radius 1 is 1.19 bits per heavy atom. The molecule has 2 aliphatic heterocycles. The van der Waals surface area contributed by atoms with Crippen molar-refractivity contribution in [3.05, 3.63) is 0 Å². The second kappa shape index (κ2) is 7.99. The number of nitrogens with one attached hydrogen (secondary N) is 1. The lowest BCUT2D eigenvalue weighted by Crippen LogP contribution is -2.50. The summed E-state index contributed by atoms with van der Waals surface area (Å²) >= 11 is 0. The Labute approximate surface area is 129 Å². The summed E-state index contributed by atoms with van der Waals surface area (Å²) in [6, 6.07) is 1.13. The van der Waals surface area contributed by atoms with E-state index in [1.54, 1.807) is 0 Å². The number of carbonyl (C=O) groups excluding carboxylic acids is 1. The molecule has 2 aliphatic rings. The normalized spacial score (nSPS) is 24.0. The van der Waals surface area contributed by atoms with Crippen LogP contribution in [0.5, 0.6) is 0 Å². The maximum absolute atomic E-state index is 11.7. The van der Waals surface area contributed by atoms with Crippen LogP contribution in [0.1, 0.15) is 39.5 Å². The highest BCUT2D eigenvalue weighted by Gasteiger charge is 2.27. The number of rotatable bonds is 4. The topological polar surface area (TPSA) is 44.8 Å². The van der Waals surface area contributed by atoms with Crippen molar-refractivity contribution in [3.8, 4) is 0 Å². The fourth-order valence-corrected chi connectivity index (χ4v) is 3.48. The van der Waals surface area contributed by atoms with Gasteiger partial charge >= 0.3 is 6.09 Å². The fourth-order valence-electron chi connectivity index (χ4n) is 3.48. The lowest BCUT2D eigenvalue weighted by Gasteiger charge is -2.37. The smallest absolute Gasteiger partial charge is 0.409 e. The van der Waals surface area contributed by atoms with E-state index in [0.29, 0.717) is 18.7 Å². The van der Waals surface area contributed by atoms with Crippen LogP contribution in [-0.2, 0) is 4.74 Å². The number of amides is 1. The molecule has 2 rings (SSSR count). The molecule has 1 amide bonds. The molecule has 0 aromatic rings. The molecule has 0 bridgehead atoms. The average Bonchev–Trinajstić information content (AvgIpc) is 2.49. The second-order valence-corrected chi connectivity index (χ2v) is 6.56. The summed E-state index contributed by atoms with van der Waals surface area (Å²) in [5.41, 5.74) is 0. The van der Waals surface area contributed by atoms with E-state index in [9.17, 15) is 4.79 Å². The number of hydrogen-bond donors (Lipinski definition) is 1. The van der Waals surface area contributed by atoms with Crippen molar-refractivity contribution in [1.29, 1.82) is 0 Å². The molecule has 1 unspecified atom stereocenters. The molecular formula is C16H31N3O2. The molecule has 0 spiro atoms. The molecule has 2 heterocycles. The van der Waals surface area contributed by atoms with E-state index in [1.165, 1.54) is 25.9 Å². The molecule has 5 heteroatoms. The van der Waals surface area contributed by atoms with Crippen molar-refractivity contribution < 1.29 is 9.53 Å². The maximum atomic E-state index is 11.7. The summed E-state index contributed by atoms with van der Waals surface area (Å²) in [4.78, 5) is 15.9. The minimum atomic E-state index is -0.153. The number of carbonyl (C=O) groups is 1. The Morgan fingerprint density at radius 3 is 2.38 bits per heavy atom. The molecule has 2 saturated heterocycles. The van der Waals surface area contributed by atoms with Crippen LogP contribution in [0.15, 0.2) is 0 Å². The van der Waals surface area contributed by atoms with E-state index in [1.807, 2.05) is 11.8 Å². The summed E-state index contributed by atoms with van der Waals surface area (Å²) in [5.74, 6) is 0.796. The molecular weight excluding hydrogens is 266 g/mol. The summed E-state index contributed by atoms with van der Waals surface area (Å²) < 4.78 is 5.06. The van der Waals surface area contributed by atoms with E-state index < -0.39 is 0 Å². The molecule has 0 aliphatic carbocycles. The van der Waals surface area contributed by atoms with Crippen LogP contribution in [0, 0.1) is 5.92 Å². The van der Waals surface area contributed by atoms with Gasteiger partial charge in [-0.15, -0.1) is 0 Å². The molecule has 0 saturated carbocycles. The van der Waals surface area contributed by atoms with E-state index in [-0.39, 0.29) is 6.09 Å². The van der Waals surface area contributed by atoms with Crippen LogP contribution in [0.2, 0.25) is 0 Å². The van der Waals surface area contributed by atoms with Crippen LogP contribution in [0.4, 0.5) is 4.79 Å². The number of likely N-dealkylation sites (tertiary alicyclic amines) is 2. The van der Waals surface area contributed by atoms with E-state index in [4.69, 9.17) is 4.74 Å². The minimum Gasteiger partial charge on any atom is -0.450 e. The Bertz CT molecular complexity index is 321. The first-order chi connectivity index (χ1) is 10.1. The second-order valence-electron chi connectivity index (χ2n) is 6.56. The van der Waals surface area contributed by atoms with Gasteiger partial charge in [-0.3, -0.25) is 0 Å². The maximum Gasteiger partial charge on any atom is 0.409 e. The van der Waals surface area contributed by atoms with Gasteiger partial charge in [0, 0.05) is 25.2 Å². The highest BCUT2D eigenvalue weighted by molar-refractivity contribution is 5.67. The van der Waals surface area contributed by atoms with Crippen molar-refractivity contribution in [2.45, 2.75) is 51.6 Å². The highest BCUT2D eigenvalue weighted by Crippen LogP contribution is 2.21. The van der Waals surface area contributed by atoms with Gasteiger partial charge in [0.25, 0.3) is 0 Å². The van der Waals surface area contributed by atoms with Crippen molar-refractivity contribution in [1.82, 2.24) is 15.1 Å². The Balaban J connectivity index is 1.69. The van der Waals surface area contributed by atoms with Crippen molar-refractivity contribution in [2.75, 3.05) is 39.8 Å². The van der Waals surface area contributed by atoms with Gasteiger partial charge in [-0.05, 0) is 65.6 Å². The van der Waals surface area contributed by atoms with Gasteiger partial charge < -0.3 is 19.9 Å². The number of piperidine rings is 2. The van der Waals surface area contributed by atoms with Gasteiger partial charge in [0.1, 0.15) is 0 Å². The van der Waals surface area contributed by atoms with Crippen LogP contribution < -0.4 is 5.32 Å². The van der Waals surface area contributed by atoms with E-state index in [2.05, 4.69) is 24.2 Å². The third-order valence-corrected chi connectivity index (χ3v) is 4.99. The Morgan fingerprint density at radius 2 is 1.81 bits per heavy atom. The van der Waals surface area contributed by atoms with Gasteiger partial charge in [0.15, 0.2) is 0 Å². The quantitative estimate of drug-likeness (QED) is 0.861. The molecule has 122 valence electrons. The molecule has 5 nitrogen and oxygen atoms in total. The van der Waals surface area contributed by atoms with E-state index in [0.717, 1.165) is 31.8 Å². The van der Waals surface area contributed by atoms with Crippen molar-refractivity contribution in [2.24, 2.45) is 5.92 Å². The zero-order valence-corrected chi connectivity index (χ0v) is 13.8. The molecule has 0 aromatic carbocycles. The Hall–Kier alpha value is -0.810. The number of hydrogen-bond acceptors (Lipinski definition) is 4. The van der Waals surface area contributed by atoms with Gasteiger partial charge in [0.05, 0.1) is 6.61 Å².